The molecule has 5 heteroatoms. The van der Waals surface area contributed by atoms with Crippen LogP contribution in [-0.2, 0) is 0 Å². The molecule has 0 bridgehead atoms. The van der Waals surface area contributed by atoms with Gasteiger partial charge in [0.25, 0.3) is 5.91 Å². The zero-order valence-electron chi connectivity index (χ0n) is 11.9. The molecule has 1 N–H and O–H groups in total. The van der Waals surface area contributed by atoms with Crippen LogP contribution in [0.3, 0.4) is 0 Å². The molecule has 1 amide bonds. The highest BCUT2D eigenvalue weighted by Gasteiger charge is 2.36. The quantitative estimate of drug-likeness (QED) is 0.889. The number of hydrogen-bond donors (Lipinski definition) is 1. The summed E-state index contributed by atoms with van der Waals surface area (Å²) in [4.78, 5) is 14.5. The predicted octanol–water partition coefficient (Wildman–Crippen LogP) is 3.71. The lowest BCUT2D eigenvalue weighted by atomic mass is 9.96. The second-order valence-electron chi connectivity index (χ2n) is 5.64. The number of rotatable bonds is 4. The topological polar surface area (TPSA) is 32.3 Å². The zero-order valence-corrected chi connectivity index (χ0v) is 14.2. The SMILES string of the molecule is CN(C)C1(CNC(=O)c2ccc(Br)c(Cl)c2)CCCC1. The van der Waals surface area contributed by atoms with Gasteiger partial charge in [-0.25, -0.2) is 0 Å². The standard InChI is InChI=1S/C15H20BrClN2O/c1-19(2)15(7-3-4-8-15)10-18-14(20)11-5-6-12(16)13(17)9-11/h5-6,9H,3-4,7-8,10H2,1-2H3,(H,18,20). The molecule has 0 atom stereocenters. The molecule has 1 fully saturated rings. The summed E-state index contributed by atoms with van der Waals surface area (Å²) < 4.78 is 0.802. The second kappa shape index (κ2) is 6.46. The normalized spacial score (nSPS) is 17.4. The largest absolute Gasteiger partial charge is 0.350 e. The third-order valence-electron chi connectivity index (χ3n) is 4.24. The minimum absolute atomic E-state index is 0.0625. The Morgan fingerprint density at radius 2 is 2.05 bits per heavy atom. The molecular weight excluding hydrogens is 340 g/mol. The van der Waals surface area contributed by atoms with Crippen molar-refractivity contribution in [1.29, 1.82) is 0 Å². The van der Waals surface area contributed by atoms with Gasteiger partial charge in [0.05, 0.1) is 5.02 Å². The van der Waals surface area contributed by atoms with Crippen molar-refractivity contribution < 1.29 is 4.79 Å². The second-order valence-corrected chi connectivity index (χ2v) is 6.90. The van der Waals surface area contributed by atoms with Crippen LogP contribution in [-0.4, -0.2) is 37.0 Å². The summed E-state index contributed by atoms with van der Waals surface area (Å²) in [5, 5.41) is 3.61. The summed E-state index contributed by atoms with van der Waals surface area (Å²) in [5.41, 5.74) is 0.708. The van der Waals surface area contributed by atoms with Gasteiger partial charge in [-0.1, -0.05) is 24.4 Å². The number of amides is 1. The van der Waals surface area contributed by atoms with E-state index in [1.54, 1.807) is 18.2 Å². The highest BCUT2D eigenvalue weighted by molar-refractivity contribution is 9.10. The first-order valence-corrected chi connectivity index (χ1v) is 8.02. The smallest absolute Gasteiger partial charge is 0.251 e. The van der Waals surface area contributed by atoms with Crippen LogP contribution in [0.25, 0.3) is 0 Å². The fourth-order valence-electron chi connectivity index (χ4n) is 2.80. The van der Waals surface area contributed by atoms with E-state index in [9.17, 15) is 4.79 Å². The van der Waals surface area contributed by atoms with Crippen molar-refractivity contribution in [2.45, 2.75) is 31.2 Å². The number of nitrogens with zero attached hydrogens (tertiary/aromatic N) is 1. The highest BCUT2D eigenvalue weighted by atomic mass is 79.9. The van der Waals surface area contributed by atoms with Crippen LogP contribution < -0.4 is 5.32 Å². The van der Waals surface area contributed by atoms with Crippen molar-refractivity contribution in [3.63, 3.8) is 0 Å². The average Bonchev–Trinajstić information content (AvgIpc) is 2.89. The molecule has 3 nitrogen and oxygen atoms in total. The van der Waals surface area contributed by atoms with Gasteiger partial charge in [-0.05, 0) is 61.1 Å². The fraction of sp³-hybridized carbons (Fsp3) is 0.533. The first-order chi connectivity index (χ1) is 9.44. The maximum Gasteiger partial charge on any atom is 0.251 e. The monoisotopic (exact) mass is 358 g/mol. The molecule has 20 heavy (non-hydrogen) atoms. The van der Waals surface area contributed by atoms with E-state index in [4.69, 9.17) is 11.6 Å². The van der Waals surface area contributed by atoms with Gasteiger partial charge in [0.2, 0.25) is 0 Å². The Labute approximate surface area is 133 Å². The fourth-order valence-corrected chi connectivity index (χ4v) is 3.23. The Morgan fingerprint density at radius 3 is 2.60 bits per heavy atom. The average molecular weight is 360 g/mol. The highest BCUT2D eigenvalue weighted by Crippen LogP contribution is 2.33. The Bertz CT molecular complexity index is 499. The van der Waals surface area contributed by atoms with Crippen LogP contribution in [0, 0.1) is 0 Å². The molecule has 110 valence electrons. The van der Waals surface area contributed by atoms with E-state index in [1.807, 2.05) is 0 Å². The minimum Gasteiger partial charge on any atom is -0.350 e. The van der Waals surface area contributed by atoms with Gasteiger partial charge in [0, 0.05) is 22.1 Å². The van der Waals surface area contributed by atoms with Crippen molar-refractivity contribution in [3.8, 4) is 0 Å². The molecular formula is C15H20BrClN2O. The van der Waals surface area contributed by atoms with Crippen molar-refractivity contribution in [2.24, 2.45) is 0 Å². The lowest BCUT2D eigenvalue weighted by molar-refractivity contribution is 0.0900. The first kappa shape index (κ1) is 15.8. The number of carbonyl (C=O) groups excluding carboxylic acids is 1. The molecule has 0 aromatic heterocycles. The van der Waals surface area contributed by atoms with Crippen LogP contribution in [0.15, 0.2) is 22.7 Å². The summed E-state index contributed by atoms with van der Waals surface area (Å²) in [6.45, 7) is 0.687. The van der Waals surface area contributed by atoms with Crippen LogP contribution in [0.4, 0.5) is 0 Å². The van der Waals surface area contributed by atoms with E-state index in [1.165, 1.54) is 12.8 Å². The van der Waals surface area contributed by atoms with Crippen LogP contribution in [0.5, 0.6) is 0 Å². The van der Waals surface area contributed by atoms with E-state index in [0.29, 0.717) is 17.1 Å². The molecule has 1 saturated carbocycles. The number of carbonyl (C=O) groups is 1. The first-order valence-electron chi connectivity index (χ1n) is 6.85. The molecule has 0 saturated heterocycles. The summed E-state index contributed by atoms with van der Waals surface area (Å²) in [6.07, 6.45) is 4.75. The Balaban J connectivity index is 2.02. The predicted molar refractivity (Wildman–Crippen MR) is 86.4 cm³/mol. The molecule has 1 aromatic rings. The lowest BCUT2D eigenvalue weighted by Gasteiger charge is -2.36. The summed E-state index contributed by atoms with van der Waals surface area (Å²) >= 11 is 9.36. The van der Waals surface area contributed by atoms with E-state index >= 15 is 0 Å². The maximum absolute atomic E-state index is 12.2. The van der Waals surface area contributed by atoms with E-state index in [2.05, 4.69) is 40.2 Å². The number of nitrogens with one attached hydrogen (secondary N) is 1. The summed E-state index contributed by atoms with van der Waals surface area (Å²) in [5.74, 6) is -0.0625. The van der Waals surface area contributed by atoms with Gasteiger partial charge in [-0.15, -0.1) is 0 Å². The molecule has 2 rings (SSSR count). The van der Waals surface area contributed by atoms with Gasteiger partial charge < -0.3 is 10.2 Å². The summed E-state index contributed by atoms with van der Waals surface area (Å²) in [6, 6.07) is 5.27. The number of hydrogen-bond acceptors (Lipinski definition) is 2. The van der Waals surface area contributed by atoms with E-state index < -0.39 is 0 Å². The van der Waals surface area contributed by atoms with Gasteiger partial charge in [0.1, 0.15) is 0 Å². The Kier molecular flexibility index (Phi) is 5.10. The molecule has 0 unspecified atom stereocenters. The van der Waals surface area contributed by atoms with Crippen molar-refractivity contribution in [2.75, 3.05) is 20.6 Å². The van der Waals surface area contributed by atoms with Gasteiger partial charge in [-0.2, -0.15) is 0 Å². The van der Waals surface area contributed by atoms with Gasteiger partial charge in [-0.3, -0.25) is 4.79 Å². The molecule has 0 heterocycles. The molecule has 0 radical (unpaired) electrons. The number of benzene rings is 1. The minimum atomic E-state index is -0.0625. The maximum atomic E-state index is 12.2. The lowest BCUT2D eigenvalue weighted by Crippen LogP contribution is -2.50. The van der Waals surface area contributed by atoms with Gasteiger partial charge in [0.15, 0.2) is 0 Å². The zero-order chi connectivity index (χ0) is 14.8. The van der Waals surface area contributed by atoms with Gasteiger partial charge >= 0.3 is 0 Å². The third kappa shape index (κ3) is 3.35. The third-order valence-corrected chi connectivity index (χ3v) is 5.48. The molecule has 1 aromatic carbocycles. The molecule has 1 aliphatic rings. The molecule has 0 spiro atoms. The van der Waals surface area contributed by atoms with Crippen molar-refractivity contribution >= 4 is 33.4 Å². The molecule has 1 aliphatic carbocycles. The molecule has 0 aliphatic heterocycles. The van der Waals surface area contributed by atoms with Crippen molar-refractivity contribution in [1.82, 2.24) is 10.2 Å². The van der Waals surface area contributed by atoms with Crippen LogP contribution >= 0.6 is 27.5 Å². The summed E-state index contributed by atoms with van der Waals surface area (Å²) in [7, 11) is 4.18. The van der Waals surface area contributed by atoms with E-state index in [0.717, 1.165) is 17.3 Å². The number of halogens is 2. The Hall–Kier alpha value is -0.580. The van der Waals surface area contributed by atoms with Crippen molar-refractivity contribution in [3.05, 3.63) is 33.3 Å². The van der Waals surface area contributed by atoms with Crippen LogP contribution in [0.1, 0.15) is 36.0 Å². The Morgan fingerprint density at radius 1 is 1.40 bits per heavy atom. The van der Waals surface area contributed by atoms with E-state index in [-0.39, 0.29) is 11.4 Å². The number of likely N-dealkylation sites (N-methyl/N-ethyl adjacent to an activating group) is 1. The van der Waals surface area contributed by atoms with Crippen LogP contribution in [0.2, 0.25) is 5.02 Å².